The summed E-state index contributed by atoms with van der Waals surface area (Å²) in [4.78, 5) is 25.8. The molecular weight excluding hydrogens is 314 g/mol. The van der Waals surface area contributed by atoms with Crippen LogP contribution in [0, 0.1) is 6.92 Å². The highest BCUT2D eigenvalue weighted by atomic mass is 16.5. The predicted octanol–water partition coefficient (Wildman–Crippen LogP) is 3.14. The molecule has 2 aromatic rings. The number of esters is 1. The molecule has 0 unspecified atom stereocenters. The summed E-state index contributed by atoms with van der Waals surface area (Å²) in [5, 5.41) is 0. The molecule has 1 amide bonds. The van der Waals surface area contributed by atoms with Gasteiger partial charge in [0.2, 0.25) is 0 Å². The first-order valence-corrected chi connectivity index (χ1v) is 8.38. The van der Waals surface area contributed by atoms with Crippen molar-refractivity contribution in [2.75, 3.05) is 13.2 Å². The van der Waals surface area contributed by atoms with Crippen LogP contribution in [0.1, 0.15) is 22.3 Å². The van der Waals surface area contributed by atoms with Gasteiger partial charge in [-0.15, -0.1) is 0 Å². The van der Waals surface area contributed by atoms with Crippen LogP contribution in [0.15, 0.2) is 54.6 Å². The van der Waals surface area contributed by atoms with Crippen molar-refractivity contribution >= 4 is 18.0 Å². The lowest BCUT2D eigenvalue weighted by Gasteiger charge is -2.28. The molecule has 0 radical (unpaired) electrons. The van der Waals surface area contributed by atoms with Gasteiger partial charge in [-0.2, -0.15) is 0 Å². The SMILES string of the molecule is Cc1ccccc1/C=C/C(=O)OCC(=O)N1CCc2ccccc2C1. The zero-order valence-corrected chi connectivity index (χ0v) is 14.3. The smallest absolute Gasteiger partial charge is 0.331 e. The summed E-state index contributed by atoms with van der Waals surface area (Å²) in [6.45, 7) is 2.99. The fourth-order valence-electron chi connectivity index (χ4n) is 2.91. The highest BCUT2D eigenvalue weighted by Gasteiger charge is 2.20. The number of benzene rings is 2. The Hall–Kier alpha value is -2.88. The van der Waals surface area contributed by atoms with E-state index in [1.807, 2.05) is 49.4 Å². The summed E-state index contributed by atoms with van der Waals surface area (Å²) < 4.78 is 5.09. The number of hydrogen-bond donors (Lipinski definition) is 0. The molecule has 0 aliphatic carbocycles. The van der Waals surface area contributed by atoms with Crippen molar-refractivity contribution in [2.45, 2.75) is 19.9 Å². The Kier molecular flexibility index (Phi) is 5.29. The highest BCUT2D eigenvalue weighted by molar-refractivity contribution is 5.89. The van der Waals surface area contributed by atoms with Crippen molar-refractivity contribution in [3.63, 3.8) is 0 Å². The van der Waals surface area contributed by atoms with Gasteiger partial charge in [0.25, 0.3) is 5.91 Å². The molecule has 0 bridgehead atoms. The van der Waals surface area contributed by atoms with Gasteiger partial charge in [0.1, 0.15) is 0 Å². The summed E-state index contributed by atoms with van der Waals surface area (Å²) in [5.41, 5.74) is 4.48. The molecule has 1 aliphatic rings. The molecule has 1 heterocycles. The van der Waals surface area contributed by atoms with Crippen LogP contribution in [0.4, 0.5) is 0 Å². The Balaban J connectivity index is 1.51. The van der Waals surface area contributed by atoms with E-state index in [0.29, 0.717) is 13.1 Å². The van der Waals surface area contributed by atoms with E-state index in [0.717, 1.165) is 23.1 Å². The summed E-state index contributed by atoms with van der Waals surface area (Å²) in [6.07, 6.45) is 3.91. The quantitative estimate of drug-likeness (QED) is 0.637. The zero-order valence-electron chi connectivity index (χ0n) is 14.3. The van der Waals surface area contributed by atoms with E-state index in [1.54, 1.807) is 11.0 Å². The zero-order chi connectivity index (χ0) is 17.6. The number of nitrogens with zero attached hydrogens (tertiary/aromatic N) is 1. The molecule has 0 spiro atoms. The number of rotatable bonds is 4. The normalized spacial score (nSPS) is 13.6. The first-order valence-electron chi connectivity index (χ1n) is 8.38. The van der Waals surface area contributed by atoms with Crippen LogP contribution < -0.4 is 0 Å². The topological polar surface area (TPSA) is 46.6 Å². The molecule has 4 nitrogen and oxygen atoms in total. The maximum absolute atomic E-state index is 12.3. The molecule has 4 heteroatoms. The van der Waals surface area contributed by atoms with Gasteiger partial charge in [-0.3, -0.25) is 4.79 Å². The molecule has 3 rings (SSSR count). The van der Waals surface area contributed by atoms with Gasteiger partial charge in [-0.1, -0.05) is 48.5 Å². The van der Waals surface area contributed by atoms with Crippen LogP contribution in [0.2, 0.25) is 0 Å². The maximum atomic E-state index is 12.3. The first-order chi connectivity index (χ1) is 12.1. The van der Waals surface area contributed by atoms with Crippen LogP contribution in [0.3, 0.4) is 0 Å². The Bertz CT molecular complexity index is 810. The molecule has 25 heavy (non-hydrogen) atoms. The van der Waals surface area contributed by atoms with Crippen LogP contribution in [0.25, 0.3) is 6.08 Å². The van der Waals surface area contributed by atoms with Crippen LogP contribution in [-0.2, 0) is 27.3 Å². The molecule has 2 aromatic carbocycles. The molecule has 0 saturated carbocycles. The van der Waals surface area contributed by atoms with Gasteiger partial charge in [0.05, 0.1) is 0 Å². The summed E-state index contributed by atoms with van der Waals surface area (Å²) >= 11 is 0. The van der Waals surface area contributed by atoms with Crippen molar-refractivity contribution in [1.29, 1.82) is 0 Å². The van der Waals surface area contributed by atoms with E-state index in [4.69, 9.17) is 4.74 Å². The Morgan fingerprint density at radius 2 is 1.80 bits per heavy atom. The van der Waals surface area contributed by atoms with Crippen LogP contribution >= 0.6 is 0 Å². The minimum Gasteiger partial charge on any atom is -0.452 e. The highest BCUT2D eigenvalue weighted by Crippen LogP contribution is 2.18. The molecule has 0 saturated heterocycles. The van der Waals surface area contributed by atoms with E-state index < -0.39 is 5.97 Å². The van der Waals surface area contributed by atoms with Gasteiger partial charge in [-0.25, -0.2) is 4.79 Å². The van der Waals surface area contributed by atoms with Gasteiger partial charge in [-0.05, 0) is 41.7 Å². The third-order valence-electron chi connectivity index (χ3n) is 4.41. The van der Waals surface area contributed by atoms with Crippen LogP contribution in [0.5, 0.6) is 0 Å². The fourth-order valence-corrected chi connectivity index (χ4v) is 2.91. The fraction of sp³-hybridized carbons (Fsp3) is 0.238. The number of carbonyl (C=O) groups is 2. The second kappa shape index (κ2) is 7.79. The van der Waals surface area contributed by atoms with Crippen molar-refractivity contribution in [1.82, 2.24) is 4.90 Å². The maximum Gasteiger partial charge on any atom is 0.331 e. The molecule has 0 N–H and O–H groups in total. The summed E-state index contributed by atoms with van der Waals surface area (Å²) in [7, 11) is 0. The Morgan fingerprint density at radius 3 is 2.60 bits per heavy atom. The lowest BCUT2D eigenvalue weighted by molar-refractivity contribution is -0.148. The molecule has 128 valence electrons. The van der Waals surface area contributed by atoms with Crippen molar-refractivity contribution < 1.29 is 14.3 Å². The number of carbonyl (C=O) groups excluding carboxylic acids is 2. The lowest BCUT2D eigenvalue weighted by atomic mass is 10.00. The summed E-state index contributed by atoms with van der Waals surface area (Å²) in [5.74, 6) is -0.666. The van der Waals surface area contributed by atoms with E-state index >= 15 is 0 Å². The van der Waals surface area contributed by atoms with E-state index in [1.165, 1.54) is 11.6 Å². The molecule has 0 atom stereocenters. The van der Waals surface area contributed by atoms with Crippen molar-refractivity contribution in [2.24, 2.45) is 0 Å². The number of amides is 1. The van der Waals surface area contributed by atoms with Gasteiger partial charge in [0.15, 0.2) is 6.61 Å². The largest absolute Gasteiger partial charge is 0.452 e. The number of aryl methyl sites for hydroxylation is 1. The van der Waals surface area contributed by atoms with Gasteiger partial charge < -0.3 is 9.64 Å². The minimum absolute atomic E-state index is 0.160. The van der Waals surface area contributed by atoms with Crippen molar-refractivity contribution in [3.05, 3.63) is 76.9 Å². The number of hydrogen-bond acceptors (Lipinski definition) is 3. The molecule has 0 aromatic heterocycles. The number of ether oxygens (including phenoxy) is 1. The first kappa shape index (κ1) is 17.0. The lowest BCUT2D eigenvalue weighted by Crippen LogP contribution is -2.38. The monoisotopic (exact) mass is 335 g/mol. The van der Waals surface area contributed by atoms with Crippen molar-refractivity contribution in [3.8, 4) is 0 Å². The van der Waals surface area contributed by atoms with E-state index in [9.17, 15) is 9.59 Å². The van der Waals surface area contributed by atoms with E-state index in [-0.39, 0.29) is 12.5 Å². The average Bonchev–Trinajstić information content (AvgIpc) is 2.65. The summed E-state index contributed by atoms with van der Waals surface area (Å²) in [6, 6.07) is 15.9. The molecular formula is C21H21NO3. The second-order valence-corrected chi connectivity index (χ2v) is 6.13. The second-order valence-electron chi connectivity index (χ2n) is 6.13. The Morgan fingerprint density at radius 1 is 1.08 bits per heavy atom. The van der Waals surface area contributed by atoms with Gasteiger partial charge >= 0.3 is 5.97 Å². The number of fused-ring (bicyclic) bond motifs is 1. The van der Waals surface area contributed by atoms with E-state index in [2.05, 4.69) is 6.07 Å². The third-order valence-corrected chi connectivity index (χ3v) is 4.41. The van der Waals surface area contributed by atoms with Crippen LogP contribution in [-0.4, -0.2) is 29.9 Å². The standard InChI is InChI=1S/C21H21NO3/c1-16-6-2-3-7-17(16)10-11-21(24)25-15-20(23)22-13-12-18-8-4-5-9-19(18)14-22/h2-11H,12-15H2,1H3/b11-10+. The predicted molar refractivity (Wildman–Crippen MR) is 96.7 cm³/mol. The van der Waals surface area contributed by atoms with Gasteiger partial charge in [0, 0.05) is 19.2 Å². The third kappa shape index (κ3) is 4.35. The Labute approximate surface area is 147 Å². The molecule has 0 fully saturated rings. The average molecular weight is 335 g/mol. The minimum atomic E-state index is -0.506. The molecule has 1 aliphatic heterocycles.